The molecule has 2 rings (SSSR count). The van der Waals surface area contributed by atoms with Gasteiger partial charge in [0.25, 0.3) is 0 Å². The van der Waals surface area contributed by atoms with Crippen LogP contribution < -0.4 is 0 Å². The summed E-state index contributed by atoms with van der Waals surface area (Å²) in [6.45, 7) is 6.62. The maximum Gasteiger partial charge on any atom is 0.246 e. The van der Waals surface area contributed by atoms with E-state index in [1.165, 1.54) is 6.08 Å². The zero-order valence-corrected chi connectivity index (χ0v) is 11.8. The molecule has 0 radical (unpaired) electrons. The Morgan fingerprint density at radius 3 is 2.80 bits per heavy atom. The minimum absolute atomic E-state index is 0.179. The van der Waals surface area contributed by atoms with Crippen molar-refractivity contribution in [3.8, 4) is 0 Å². The van der Waals surface area contributed by atoms with E-state index in [1.807, 2.05) is 37.3 Å². The van der Waals surface area contributed by atoms with E-state index in [9.17, 15) is 9.90 Å². The molecular weight excluding hydrogens is 254 g/mol. The Morgan fingerprint density at radius 2 is 2.25 bits per heavy atom. The average molecular weight is 275 g/mol. The van der Waals surface area contributed by atoms with Crippen LogP contribution in [0.2, 0.25) is 0 Å². The lowest BCUT2D eigenvalue weighted by atomic mass is 9.95. The summed E-state index contributed by atoms with van der Waals surface area (Å²) in [5.74, 6) is -0.179. The molecule has 1 aromatic rings. The fourth-order valence-electron chi connectivity index (χ4n) is 2.45. The molecule has 1 aliphatic rings. The molecule has 1 saturated heterocycles. The Labute approximate surface area is 119 Å². The minimum atomic E-state index is -0.979. The second-order valence-electron chi connectivity index (χ2n) is 5.25. The molecule has 0 aromatic heterocycles. The maximum absolute atomic E-state index is 12.0. The van der Waals surface area contributed by atoms with Gasteiger partial charge in [-0.3, -0.25) is 4.79 Å². The van der Waals surface area contributed by atoms with Crippen LogP contribution in [-0.4, -0.2) is 40.8 Å². The first-order valence-electron chi connectivity index (χ1n) is 6.84. The molecule has 1 heterocycles. The zero-order valence-electron chi connectivity index (χ0n) is 11.8. The van der Waals surface area contributed by atoms with Gasteiger partial charge < -0.3 is 14.7 Å². The van der Waals surface area contributed by atoms with Gasteiger partial charge in [-0.1, -0.05) is 36.9 Å². The largest absolute Gasteiger partial charge is 0.385 e. The van der Waals surface area contributed by atoms with Gasteiger partial charge in [0.1, 0.15) is 5.60 Å². The summed E-state index contributed by atoms with van der Waals surface area (Å²) in [4.78, 5) is 13.6. The first-order valence-corrected chi connectivity index (χ1v) is 6.84. The minimum Gasteiger partial charge on any atom is -0.385 e. The number of carbonyl (C=O) groups excluding carboxylic acids is 1. The van der Waals surface area contributed by atoms with Gasteiger partial charge >= 0.3 is 0 Å². The topological polar surface area (TPSA) is 49.8 Å². The highest BCUT2D eigenvalue weighted by atomic mass is 16.5. The van der Waals surface area contributed by atoms with Crippen LogP contribution in [0, 0.1) is 0 Å². The van der Waals surface area contributed by atoms with Gasteiger partial charge in [-0.2, -0.15) is 0 Å². The molecule has 0 aliphatic carbocycles. The summed E-state index contributed by atoms with van der Waals surface area (Å²) >= 11 is 0. The highest BCUT2D eigenvalue weighted by Crippen LogP contribution is 2.27. The Balaban J connectivity index is 2.12. The number of nitrogens with zero attached hydrogens (tertiary/aromatic N) is 1. The number of hydrogen-bond acceptors (Lipinski definition) is 3. The van der Waals surface area contributed by atoms with Crippen LogP contribution in [0.15, 0.2) is 43.0 Å². The van der Waals surface area contributed by atoms with Crippen LogP contribution in [-0.2, 0) is 16.1 Å². The molecule has 1 aliphatic heterocycles. The number of amides is 1. The monoisotopic (exact) mass is 275 g/mol. The third kappa shape index (κ3) is 3.26. The first kappa shape index (κ1) is 14.8. The van der Waals surface area contributed by atoms with Crippen molar-refractivity contribution in [2.24, 2.45) is 0 Å². The summed E-state index contributed by atoms with van der Waals surface area (Å²) < 4.78 is 5.42. The second kappa shape index (κ2) is 6.20. The third-order valence-electron chi connectivity index (χ3n) is 3.83. The highest BCUT2D eigenvalue weighted by Gasteiger charge is 2.41. The van der Waals surface area contributed by atoms with E-state index in [1.54, 1.807) is 4.90 Å². The van der Waals surface area contributed by atoms with Crippen LogP contribution in [0.5, 0.6) is 0 Å². The van der Waals surface area contributed by atoms with Crippen molar-refractivity contribution in [2.45, 2.75) is 31.6 Å². The van der Waals surface area contributed by atoms with Gasteiger partial charge in [0.2, 0.25) is 5.91 Å². The molecule has 1 N–H and O–H groups in total. The van der Waals surface area contributed by atoms with Gasteiger partial charge in [0.15, 0.2) is 0 Å². The summed E-state index contributed by atoms with van der Waals surface area (Å²) in [6, 6.07) is 9.72. The van der Waals surface area contributed by atoms with Crippen molar-refractivity contribution in [1.82, 2.24) is 4.90 Å². The lowest BCUT2D eigenvalue weighted by molar-refractivity contribution is -0.132. The second-order valence-corrected chi connectivity index (χ2v) is 5.25. The van der Waals surface area contributed by atoms with Crippen LogP contribution in [0.3, 0.4) is 0 Å². The van der Waals surface area contributed by atoms with Crippen molar-refractivity contribution in [3.05, 3.63) is 48.6 Å². The molecule has 0 saturated carbocycles. The fourth-order valence-corrected chi connectivity index (χ4v) is 2.45. The van der Waals surface area contributed by atoms with Gasteiger partial charge in [0, 0.05) is 19.6 Å². The molecule has 4 nitrogen and oxygen atoms in total. The van der Waals surface area contributed by atoms with Gasteiger partial charge in [-0.15, -0.1) is 0 Å². The van der Waals surface area contributed by atoms with Crippen LogP contribution in [0.4, 0.5) is 0 Å². The average Bonchev–Trinajstić information content (AvgIpc) is 2.78. The molecular formula is C16H21NO3. The Kier molecular flexibility index (Phi) is 4.57. The lowest BCUT2D eigenvalue weighted by Gasteiger charge is -2.33. The smallest absolute Gasteiger partial charge is 0.246 e. The summed E-state index contributed by atoms with van der Waals surface area (Å²) in [7, 11) is 0. The predicted molar refractivity (Wildman–Crippen MR) is 77.0 cm³/mol. The van der Waals surface area contributed by atoms with Gasteiger partial charge in [-0.25, -0.2) is 0 Å². The van der Waals surface area contributed by atoms with Crippen LogP contribution >= 0.6 is 0 Å². The molecule has 2 atom stereocenters. The van der Waals surface area contributed by atoms with Crippen molar-refractivity contribution in [2.75, 3.05) is 13.2 Å². The SMILES string of the molecule is C=CC(=O)N(Cc1ccccc1)CC1(O)CCOC1C. The Bertz CT molecular complexity index is 474. The normalized spacial score (nSPS) is 25.4. The van der Waals surface area contributed by atoms with Gasteiger partial charge in [-0.05, 0) is 18.6 Å². The maximum atomic E-state index is 12.0. The number of benzene rings is 1. The Morgan fingerprint density at radius 1 is 1.55 bits per heavy atom. The number of aliphatic hydroxyl groups is 1. The molecule has 108 valence electrons. The highest BCUT2D eigenvalue weighted by molar-refractivity contribution is 5.87. The molecule has 2 unspecified atom stereocenters. The standard InChI is InChI=1S/C16H21NO3/c1-3-15(18)17(11-14-7-5-4-6-8-14)12-16(19)9-10-20-13(16)2/h3-8,13,19H,1,9-12H2,2H3. The van der Waals surface area contributed by atoms with E-state index in [0.717, 1.165) is 5.56 Å². The quantitative estimate of drug-likeness (QED) is 0.833. The third-order valence-corrected chi connectivity index (χ3v) is 3.83. The van der Waals surface area contributed by atoms with E-state index in [4.69, 9.17) is 4.74 Å². The van der Waals surface area contributed by atoms with E-state index >= 15 is 0 Å². The number of carbonyl (C=O) groups is 1. The summed E-state index contributed by atoms with van der Waals surface area (Å²) in [5, 5.41) is 10.6. The van der Waals surface area contributed by atoms with Crippen molar-refractivity contribution in [3.63, 3.8) is 0 Å². The Hall–Kier alpha value is -1.65. The molecule has 1 amide bonds. The summed E-state index contributed by atoms with van der Waals surface area (Å²) in [5.41, 5.74) is 0.0471. The van der Waals surface area contributed by atoms with Crippen molar-refractivity contribution >= 4 is 5.91 Å². The van der Waals surface area contributed by atoms with E-state index in [2.05, 4.69) is 6.58 Å². The van der Waals surface area contributed by atoms with E-state index in [-0.39, 0.29) is 18.6 Å². The van der Waals surface area contributed by atoms with Crippen LogP contribution in [0.25, 0.3) is 0 Å². The van der Waals surface area contributed by atoms with Crippen molar-refractivity contribution < 1.29 is 14.6 Å². The molecule has 0 bridgehead atoms. The molecule has 20 heavy (non-hydrogen) atoms. The van der Waals surface area contributed by atoms with E-state index in [0.29, 0.717) is 19.6 Å². The zero-order chi connectivity index (χ0) is 14.6. The molecule has 4 heteroatoms. The number of hydrogen-bond donors (Lipinski definition) is 1. The van der Waals surface area contributed by atoms with Crippen molar-refractivity contribution in [1.29, 1.82) is 0 Å². The first-order chi connectivity index (χ1) is 9.55. The van der Waals surface area contributed by atoms with E-state index < -0.39 is 5.60 Å². The lowest BCUT2D eigenvalue weighted by Crippen LogP contribution is -2.48. The predicted octanol–water partition coefficient (Wildman–Crippen LogP) is 1.74. The summed E-state index contributed by atoms with van der Waals surface area (Å²) in [6.07, 6.45) is 1.56. The number of ether oxygens (including phenoxy) is 1. The number of rotatable bonds is 5. The van der Waals surface area contributed by atoms with Gasteiger partial charge in [0.05, 0.1) is 12.6 Å². The van der Waals surface area contributed by atoms with Crippen LogP contribution in [0.1, 0.15) is 18.9 Å². The molecule has 1 fully saturated rings. The molecule has 0 spiro atoms. The molecule has 1 aromatic carbocycles. The fraction of sp³-hybridized carbons (Fsp3) is 0.438.